The summed E-state index contributed by atoms with van der Waals surface area (Å²) in [5, 5.41) is 11.7. The fourth-order valence-corrected chi connectivity index (χ4v) is 1.63. The smallest absolute Gasteiger partial charge is 0.254 e. The van der Waals surface area contributed by atoms with Crippen LogP contribution in [0, 0.1) is 5.82 Å². The van der Waals surface area contributed by atoms with Crippen LogP contribution < -0.4 is 5.32 Å². The molecule has 0 saturated heterocycles. The molecular formula is C13H13FN2O2. The zero-order valence-electron chi connectivity index (χ0n) is 9.85. The highest BCUT2D eigenvalue weighted by molar-refractivity contribution is 5.94. The number of hydrogen-bond acceptors (Lipinski definition) is 2. The lowest BCUT2D eigenvalue weighted by Crippen LogP contribution is -2.24. The van der Waals surface area contributed by atoms with Crippen LogP contribution in [0.4, 0.5) is 4.39 Å². The van der Waals surface area contributed by atoms with Crippen LogP contribution >= 0.6 is 0 Å². The number of benzene rings is 1. The molecule has 94 valence electrons. The predicted octanol–water partition coefficient (Wildman–Crippen LogP) is 1.80. The number of rotatable bonds is 3. The first-order valence-corrected chi connectivity index (χ1v) is 5.45. The van der Waals surface area contributed by atoms with Crippen LogP contribution in [0.1, 0.15) is 16.1 Å². The van der Waals surface area contributed by atoms with E-state index in [-0.39, 0.29) is 11.3 Å². The Morgan fingerprint density at radius 3 is 2.83 bits per heavy atom. The number of phenolic OH excluding ortho intramolecular Hbond substituents is 1. The normalized spacial score (nSPS) is 10.3. The second-order valence-corrected chi connectivity index (χ2v) is 3.96. The number of phenols is 1. The topological polar surface area (TPSA) is 54.3 Å². The predicted molar refractivity (Wildman–Crippen MR) is 64.6 cm³/mol. The van der Waals surface area contributed by atoms with Crippen molar-refractivity contribution in [2.45, 2.75) is 6.54 Å². The third-order valence-corrected chi connectivity index (χ3v) is 2.68. The molecule has 1 amide bonds. The van der Waals surface area contributed by atoms with Crippen LogP contribution in [0.3, 0.4) is 0 Å². The number of nitrogens with one attached hydrogen (secondary N) is 1. The van der Waals surface area contributed by atoms with E-state index in [4.69, 9.17) is 5.11 Å². The highest BCUT2D eigenvalue weighted by Gasteiger charge is 2.12. The Balaban J connectivity index is 2.06. The molecule has 0 radical (unpaired) electrons. The molecule has 0 aliphatic heterocycles. The van der Waals surface area contributed by atoms with E-state index in [1.165, 1.54) is 12.1 Å². The summed E-state index contributed by atoms with van der Waals surface area (Å²) in [5.74, 6) is -1.44. The Bertz CT molecular complexity index is 578. The summed E-state index contributed by atoms with van der Waals surface area (Å²) in [6.07, 6.45) is 1.86. The van der Waals surface area contributed by atoms with Crippen molar-refractivity contribution in [3.05, 3.63) is 53.6 Å². The molecule has 0 fully saturated rings. The van der Waals surface area contributed by atoms with Crippen molar-refractivity contribution >= 4 is 5.91 Å². The van der Waals surface area contributed by atoms with Gasteiger partial charge in [0.15, 0.2) is 0 Å². The molecule has 2 aromatic rings. The van der Waals surface area contributed by atoms with Gasteiger partial charge >= 0.3 is 0 Å². The number of aromatic nitrogens is 1. The van der Waals surface area contributed by atoms with E-state index >= 15 is 0 Å². The fourth-order valence-electron chi connectivity index (χ4n) is 1.63. The average Bonchev–Trinajstić information content (AvgIpc) is 2.72. The van der Waals surface area contributed by atoms with Crippen molar-refractivity contribution in [1.82, 2.24) is 9.88 Å². The number of amides is 1. The van der Waals surface area contributed by atoms with Crippen molar-refractivity contribution in [2.75, 3.05) is 0 Å². The van der Waals surface area contributed by atoms with E-state index in [1.807, 2.05) is 29.9 Å². The highest BCUT2D eigenvalue weighted by atomic mass is 19.1. The number of carbonyl (C=O) groups excluding carboxylic acids is 1. The largest absolute Gasteiger partial charge is 0.508 e. The minimum Gasteiger partial charge on any atom is -0.508 e. The lowest BCUT2D eigenvalue weighted by atomic mass is 10.2. The summed E-state index contributed by atoms with van der Waals surface area (Å²) < 4.78 is 15.3. The third kappa shape index (κ3) is 2.51. The molecule has 0 aliphatic rings. The minimum absolute atomic E-state index is 0.0815. The Kier molecular flexibility index (Phi) is 3.32. The van der Waals surface area contributed by atoms with E-state index in [9.17, 15) is 9.18 Å². The molecule has 2 N–H and O–H groups in total. The number of aromatic hydroxyl groups is 1. The molecule has 1 heterocycles. The van der Waals surface area contributed by atoms with Gasteiger partial charge in [-0.15, -0.1) is 0 Å². The third-order valence-electron chi connectivity index (χ3n) is 2.68. The second kappa shape index (κ2) is 4.91. The Labute approximate surface area is 104 Å². The van der Waals surface area contributed by atoms with E-state index in [0.29, 0.717) is 6.54 Å². The number of halogens is 1. The maximum Gasteiger partial charge on any atom is 0.254 e. The number of hydrogen-bond donors (Lipinski definition) is 2. The summed E-state index contributed by atoms with van der Waals surface area (Å²) >= 11 is 0. The molecule has 18 heavy (non-hydrogen) atoms. The Morgan fingerprint density at radius 1 is 1.44 bits per heavy atom. The molecular weight excluding hydrogens is 235 g/mol. The maximum absolute atomic E-state index is 13.4. The van der Waals surface area contributed by atoms with Crippen LogP contribution in [0.5, 0.6) is 5.75 Å². The molecule has 5 heteroatoms. The van der Waals surface area contributed by atoms with Gasteiger partial charge < -0.3 is 15.0 Å². The Morgan fingerprint density at radius 2 is 2.22 bits per heavy atom. The van der Waals surface area contributed by atoms with Gasteiger partial charge in [-0.2, -0.15) is 0 Å². The van der Waals surface area contributed by atoms with Gasteiger partial charge in [-0.05, 0) is 24.3 Å². The first-order valence-electron chi connectivity index (χ1n) is 5.45. The van der Waals surface area contributed by atoms with Crippen molar-refractivity contribution in [1.29, 1.82) is 0 Å². The number of nitrogens with zero attached hydrogens (tertiary/aromatic N) is 1. The molecule has 0 saturated carbocycles. The lowest BCUT2D eigenvalue weighted by Gasteiger charge is -2.07. The quantitative estimate of drug-likeness (QED) is 0.870. The Hall–Kier alpha value is -2.30. The van der Waals surface area contributed by atoms with Crippen LogP contribution in [-0.4, -0.2) is 15.6 Å². The molecule has 0 aliphatic carbocycles. The maximum atomic E-state index is 13.4. The molecule has 1 aromatic carbocycles. The highest BCUT2D eigenvalue weighted by Crippen LogP contribution is 2.15. The van der Waals surface area contributed by atoms with Crippen molar-refractivity contribution in [3.8, 4) is 5.75 Å². The van der Waals surface area contributed by atoms with Gasteiger partial charge in [0.25, 0.3) is 5.91 Å². The zero-order chi connectivity index (χ0) is 13.1. The molecule has 0 spiro atoms. The molecule has 0 atom stereocenters. The molecule has 2 rings (SSSR count). The monoisotopic (exact) mass is 248 g/mol. The summed E-state index contributed by atoms with van der Waals surface area (Å²) in [6.45, 7) is 0.322. The average molecular weight is 248 g/mol. The van der Waals surface area contributed by atoms with E-state index in [0.717, 1.165) is 11.8 Å². The summed E-state index contributed by atoms with van der Waals surface area (Å²) in [7, 11) is 1.86. The van der Waals surface area contributed by atoms with E-state index in [2.05, 4.69) is 5.32 Å². The van der Waals surface area contributed by atoms with Crippen molar-refractivity contribution in [2.24, 2.45) is 7.05 Å². The first kappa shape index (κ1) is 12.2. The minimum atomic E-state index is -0.737. The van der Waals surface area contributed by atoms with Gasteiger partial charge in [-0.1, -0.05) is 0 Å². The van der Waals surface area contributed by atoms with Gasteiger partial charge in [0.1, 0.15) is 11.6 Å². The van der Waals surface area contributed by atoms with Crippen LogP contribution in [-0.2, 0) is 13.6 Å². The van der Waals surface area contributed by atoms with Gasteiger partial charge in [0.05, 0.1) is 12.1 Å². The standard InChI is InChI=1S/C13H13FN2O2/c1-16-6-2-3-9(16)8-15-13(18)11-5-4-10(17)7-12(11)14/h2-7,17H,8H2,1H3,(H,15,18). The summed E-state index contributed by atoms with van der Waals surface area (Å²) in [5.41, 5.74) is 0.838. The van der Waals surface area contributed by atoms with E-state index < -0.39 is 11.7 Å². The van der Waals surface area contributed by atoms with Gasteiger partial charge in [-0.25, -0.2) is 4.39 Å². The van der Waals surface area contributed by atoms with Gasteiger partial charge in [0, 0.05) is 25.0 Å². The zero-order valence-corrected chi connectivity index (χ0v) is 9.85. The summed E-state index contributed by atoms with van der Waals surface area (Å²) in [6, 6.07) is 7.18. The summed E-state index contributed by atoms with van der Waals surface area (Å²) in [4.78, 5) is 11.7. The van der Waals surface area contributed by atoms with Crippen LogP contribution in [0.2, 0.25) is 0 Å². The van der Waals surface area contributed by atoms with Crippen molar-refractivity contribution < 1.29 is 14.3 Å². The lowest BCUT2D eigenvalue weighted by molar-refractivity contribution is 0.0946. The second-order valence-electron chi connectivity index (χ2n) is 3.96. The molecule has 4 nitrogen and oxygen atoms in total. The number of aryl methyl sites for hydroxylation is 1. The van der Waals surface area contributed by atoms with Gasteiger partial charge in [-0.3, -0.25) is 4.79 Å². The van der Waals surface area contributed by atoms with E-state index in [1.54, 1.807) is 0 Å². The number of carbonyl (C=O) groups is 1. The first-order chi connectivity index (χ1) is 8.58. The molecule has 0 unspecified atom stereocenters. The fraction of sp³-hybridized carbons (Fsp3) is 0.154. The molecule has 0 bridgehead atoms. The van der Waals surface area contributed by atoms with Crippen molar-refractivity contribution in [3.63, 3.8) is 0 Å². The molecule has 1 aromatic heterocycles. The SMILES string of the molecule is Cn1cccc1CNC(=O)c1ccc(O)cc1F. The van der Waals surface area contributed by atoms with Crippen LogP contribution in [0.15, 0.2) is 36.5 Å². The van der Waals surface area contributed by atoms with Gasteiger partial charge in [0.2, 0.25) is 0 Å². The van der Waals surface area contributed by atoms with Crippen LogP contribution in [0.25, 0.3) is 0 Å².